The quantitative estimate of drug-likeness (QED) is 0.0937. The molecule has 0 bridgehead atoms. The van der Waals surface area contributed by atoms with Crippen LogP contribution in [0.2, 0.25) is 0 Å². The van der Waals surface area contributed by atoms with Gasteiger partial charge < -0.3 is 14.0 Å². The molecule has 1 radical (unpaired) electrons. The number of aryl methyl sites for hydroxylation is 3. The molecule has 4 aromatic heterocycles. The van der Waals surface area contributed by atoms with Gasteiger partial charge in [-0.25, -0.2) is 0 Å². The number of pyridine rings is 2. The van der Waals surface area contributed by atoms with Crippen LogP contribution in [0.4, 0.5) is 0 Å². The molecule has 0 aliphatic carbocycles. The molecule has 0 spiro atoms. The van der Waals surface area contributed by atoms with Crippen molar-refractivity contribution >= 4 is 94.0 Å². The SMILES string of the molecule is [2H]C([2H])([2H])c1c[c-]c(-c2cc(C([2H])([2H])[2H])c(C([2H])([2H])[2H])cn2)cc1.[Ir].[c-]1c2c3ccccc3n3c2c2c4c1c1nc5ccccc5n1c1ccc5cccc(c5c41)B2c1ccccc1-3. The first-order valence-corrected chi connectivity index (χ1v) is 17.9. The second-order valence-corrected chi connectivity index (χ2v) is 14.1. The fraction of sp³-hybridized carbons (Fsp3) is 0.0612. The van der Waals surface area contributed by atoms with Gasteiger partial charge in [0.2, 0.25) is 6.71 Å². The summed E-state index contributed by atoms with van der Waals surface area (Å²) in [7, 11) is 0. The molecule has 0 unspecified atom stereocenters. The molecule has 0 fully saturated rings. The van der Waals surface area contributed by atoms with E-state index in [-0.39, 0.29) is 49.2 Å². The zero-order chi connectivity index (χ0) is 43.3. The van der Waals surface area contributed by atoms with Crippen LogP contribution in [0.25, 0.3) is 87.9 Å². The number of benzene rings is 7. The summed E-state index contributed by atoms with van der Waals surface area (Å²) in [5.74, 6) is 0. The predicted octanol–water partition coefficient (Wildman–Crippen LogP) is 9.46. The van der Waals surface area contributed by atoms with Crippen molar-refractivity contribution < 1.29 is 32.4 Å². The third-order valence-electron chi connectivity index (χ3n) is 11.3. The van der Waals surface area contributed by atoms with Crippen molar-refractivity contribution in [2.75, 3.05) is 0 Å². The minimum atomic E-state index is -2.61. The van der Waals surface area contributed by atoms with Crippen molar-refractivity contribution in [2.24, 2.45) is 0 Å². The molecular formula is C49H31BIrN4-2. The molecule has 55 heavy (non-hydrogen) atoms. The largest absolute Gasteiger partial charge is 0.350 e. The molecule has 0 atom stereocenters. The first-order chi connectivity index (χ1) is 30.2. The maximum Gasteiger partial charge on any atom is 0.232 e. The van der Waals surface area contributed by atoms with Crippen LogP contribution in [0.3, 0.4) is 0 Å². The van der Waals surface area contributed by atoms with Gasteiger partial charge in [0, 0.05) is 55.4 Å². The fourth-order valence-corrected chi connectivity index (χ4v) is 9.14. The molecule has 4 nitrogen and oxygen atoms in total. The molecule has 11 aromatic rings. The van der Waals surface area contributed by atoms with Crippen molar-refractivity contribution in [3.05, 3.63) is 162 Å². The monoisotopic (exact) mass is 888 g/mol. The topological polar surface area (TPSA) is 35.1 Å². The van der Waals surface area contributed by atoms with E-state index in [1.165, 1.54) is 95.2 Å². The summed E-state index contributed by atoms with van der Waals surface area (Å²) in [4.78, 5) is 9.24. The molecular weight excluding hydrogens is 848 g/mol. The normalized spacial score (nSPS) is 15.6. The van der Waals surface area contributed by atoms with E-state index in [0.29, 0.717) is 5.56 Å². The summed E-state index contributed by atoms with van der Waals surface area (Å²) in [6, 6.07) is 49.8. The maximum absolute atomic E-state index is 7.54. The van der Waals surface area contributed by atoms with Crippen LogP contribution in [0.15, 0.2) is 134 Å². The van der Waals surface area contributed by atoms with Crippen molar-refractivity contribution in [3.8, 4) is 16.9 Å². The minimum absolute atomic E-state index is 0. The second kappa shape index (κ2) is 11.7. The van der Waals surface area contributed by atoms with E-state index in [9.17, 15) is 0 Å². The Morgan fingerprint density at radius 3 is 2.40 bits per heavy atom. The Bertz CT molecular complexity index is 3780. The molecule has 6 heterocycles. The number of hydrogen-bond donors (Lipinski definition) is 0. The summed E-state index contributed by atoms with van der Waals surface area (Å²) < 4.78 is 71.8. The van der Waals surface area contributed by atoms with Crippen molar-refractivity contribution in [1.29, 1.82) is 0 Å². The van der Waals surface area contributed by atoms with E-state index in [2.05, 4.69) is 129 Å². The summed E-state index contributed by atoms with van der Waals surface area (Å²) in [6.45, 7) is -7.31. The van der Waals surface area contributed by atoms with Crippen LogP contribution in [-0.4, -0.2) is 25.6 Å². The Balaban J connectivity index is 0.000000159. The molecule has 261 valence electrons. The molecule has 0 N–H and O–H groups in total. The molecule has 2 aliphatic heterocycles. The van der Waals surface area contributed by atoms with Crippen LogP contribution < -0.4 is 16.4 Å². The number of aromatic nitrogens is 4. The van der Waals surface area contributed by atoms with E-state index >= 15 is 0 Å². The number of imidazole rings is 1. The van der Waals surface area contributed by atoms with Crippen LogP contribution in [0.5, 0.6) is 0 Å². The first-order valence-electron chi connectivity index (χ1n) is 22.4. The van der Waals surface area contributed by atoms with Crippen LogP contribution >= 0.6 is 0 Å². The Kier molecular flexibility index (Phi) is 5.19. The predicted molar refractivity (Wildman–Crippen MR) is 226 cm³/mol. The van der Waals surface area contributed by atoms with Gasteiger partial charge in [0.25, 0.3) is 0 Å². The van der Waals surface area contributed by atoms with Crippen molar-refractivity contribution in [1.82, 2.24) is 18.9 Å². The molecule has 6 heteroatoms. The zero-order valence-corrected chi connectivity index (χ0v) is 31.3. The third-order valence-corrected chi connectivity index (χ3v) is 11.3. The molecule has 0 saturated carbocycles. The first kappa shape index (κ1) is 24.4. The molecule has 0 amide bonds. The fourth-order valence-electron chi connectivity index (χ4n) is 9.14. The van der Waals surface area contributed by atoms with E-state index in [0.717, 1.165) is 28.3 Å². The number of fused-ring (bicyclic) bond motifs is 12. The summed E-state index contributed by atoms with van der Waals surface area (Å²) in [5.41, 5.74) is 12.4. The van der Waals surface area contributed by atoms with Crippen molar-refractivity contribution in [3.63, 3.8) is 0 Å². The average molecular weight is 888 g/mol. The number of nitrogens with zero attached hydrogens (tertiary/aromatic N) is 4. The molecule has 7 aromatic carbocycles. The Morgan fingerprint density at radius 1 is 0.691 bits per heavy atom. The van der Waals surface area contributed by atoms with Crippen LogP contribution in [-0.2, 0) is 20.1 Å². The van der Waals surface area contributed by atoms with E-state index in [4.69, 9.17) is 17.3 Å². The summed E-state index contributed by atoms with van der Waals surface area (Å²) in [6.07, 6.45) is 1.02. The average Bonchev–Trinajstić information content (AvgIpc) is 3.83. The molecule has 2 aliphatic rings. The standard InChI is InChI=1S/C35H17BN3.C14H14N.Ir/c1-4-13-26-20(9-1)21-18-22-31-32-29(39-28-15-6-3-12-25(28)37-35(22)39)17-16-19-8-7-11-24(30(19)32)36-23-10-2-5-14-27(23)38(26)34(21)33(31)36;1-10-4-6-13(7-5-10)14-8-11(2)12(3)9-15-14;/h1-17H;4-6,8-9H,1-3H3;/q2*-1;/i;1D3,2D3,3D3;. The number of hydrogen-bond acceptors (Lipinski definition) is 2. The van der Waals surface area contributed by atoms with E-state index in [1.54, 1.807) is 0 Å². The zero-order valence-electron chi connectivity index (χ0n) is 37.9. The van der Waals surface area contributed by atoms with E-state index in [1.807, 2.05) is 0 Å². The Hall–Kier alpha value is -6.07. The summed E-state index contributed by atoms with van der Waals surface area (Å²) in [5, 5.41) is 8.85. The van der Waals surface area contributed by atoms with Gasteiger partial charge in [-0.05, 0) is 82.4 Å². The molecule has 0 saturated heterocycles. The van der Waals surface area contributed by atoms with Crippen LogP contribution in [0.1, 0.15) is 29.0 Å². The minimum Gasteiger partial charge on any atom is -0.350 e. The number of para-hydroxylation sites is 4. The second-order valence-electron chi connectivity index (χ2n) is 14.1. The van der Waals surface area contributed by atoms with Gasteiger partial charge in [0.15, 0.2) is 0 Å². The van der Waals surface area contributed by atoms with Gasteiger partial charge in [-0.2, -0.15) is 0 Å². The van der Waals surface area contributed by atoms with Gasteiger partial charge in [-0.15, -0.1) is 46.9 Å². The van der Waals surface area contributed by atoms with Gasteiger partial charge in [0.1, 0.15) is 0 Å². The Morgan fingerprint density at radius 2 is 1.53 bits per heavy atom. The molecule has 13 rings (SSSR count). The van der Waals surface area contributed by atoms with Gasteiger partial charge in [0.05, 0.1) is 16.7 Å². The Labute approximate surface area is 344 Å². The third kappa shape index (κ3) is 4.32. The van der Waals surface area contributed by atoms with Crippen LogP contribution in [0, 0.1) is 32.7 Å². The number of rotatable bonds is 1. The van der Waals surface area contributed by atoms with E-state index < -0.39 is 20.6 Å². The summed E-state index contributed by atoms with van der Waals surface area (Å²) >= 11 is 0. The van der Waals surface area contributed by atoms with Gasteiger partial charge >= 0.3 is 0 Å². The van der Waals surface area contributed by atoms with Crippen molar-refractivity contribution in [2.45, 2.75) is 20.6 Å². The smallest absolute Gasteiger partial charge is 0.232 e. The van der Waals surface area contributed by atoms with Gasteiger partial charge in [-0.3, -0.25) is 4.98 Å². The van der Waals surface area contributed by atoms with Gasteiger partial charge in [-0.1, -0.05) is 118 Å². The maximum atomic E-state index is 7.54.